The molecule has 0 unspecified atom stereocenters. The average molecular weight is 256 g/mol. The van der Waals surface area contributed by atoms with Crippen LogP contribution in [0.15, 0.2) is 48.5 Å². The Hall–Kier alpha value is -2.00. The van der Waals surface area contributed by atoms with E-state index in [1.165, 1.54) is 0 Å². The standard InChI is InChI=1S/C15H12O2S/c1-17-14-11-7-3-5-9-13(11)18-15(14)10-6-2-4-8-12(10)16/h2-9,16H,1H3. The minimum atomic E-state index is 0.280. The lowest BCUT2D eigenvalue weighted by atomic mass is 10.1. The molecule has 1 heterocycles. The summed E-state index contributed by atoms with van der Waals surface area (Å²) >= 11 is 1.63. The number of thiophene rings is 1. The van der Waals surface area contributed by atoms with Gasteiger partial charge in [-0.3, -0.25) is 0 Å². The Balaban J connectivity index is 2.32. The molecular weight excluding hydrogens is 244 g/mol. The van der Waals surface area contributed by atoms with Crippen molar-refractivity contribution in [3.8, 4) is 21.9 Å². The van der Waals surface area contributed by atoms with E-state index in [9.17, 15) is 5.11 Å². The van der Waals surface area contributed by atoms with Crippen molar-refractivity contribution in [3.05, 3.63) is 48.5 Å². The Morgan fingerprint density at radius 3 is 2.50 bits per heavy atom. The summed E-state index contributed by atoms with van der Waals surface area (Å²) in [5.41, 5.74) is 0.815. The molecule has 0 aliphatic rings. The summed E-state index contributed by atoms with van der Waals surface area (Å²) < 4.78 is 6.67. The molecule has 1 aromatic heterocycles. The van der Waals surface area contributed by atoms with Crippen LogP contribution in [-0.2, 0) is 0 Å². The minimum absolute atomic E-state index is 0.280. The van der Waals surface area contributed by atoms with Gasteiger partial charge in [0.15, 0.2) is 0 Å². The highest BCUT2D eigenvalue weighted by atomic mass is 32.1. The molecule has 3 rings (SSSR count). The molecule has 0 saturated heterocycles. The summed E-state index contributed by atoms with van der Waals surface area (Å²) in [6.45, 7) is 0. The number of para-hydroxylation sites is 1. The first-order chi connectivity index (χ1) is 8.81. The van der Waals surface area contributed by atoms with Gasteiger partial charge in [-0.1, -0.05) is 24.3 Å². The molecule has 0 amide bonds. The van der Waals surface area contributed by atoms with Gasteiger partial charge in [0.2, 0.25) is 0 Å². The van der Waals surface area contributed by atoms with E-state index in [1.54, 1.807) is 24.5 Å². The Morgan fingerprint density at radius 1 is 1.00 bits per heavy atom. The summed E-state index contributed by atoms with van der Waals surface area (Å²) in [5.74, 6) is 1.11. The topological polar surface area (TPSA) is 29.5 Å². The summed E-state index contributed by atoms with van der Waals surface area (Å²) in [6, 6.07) is 15.4. The molecule has 90 valence electrons. The van der Waals surface area contributed by atoms with Crippen LogP contribution in [0.4, 0.5) is 0 Å². The number of benzene rings is 2. The molecule has 2 aromatic carbocycles. The highest BCUT2D eigenvalue weighted by Crippen LogP contribution is 2.46. The van der Waals surface area contributed by atoms with Crippen LogP contribution in [-0.4, -0.2) is 12.2 Å². The first-order valence-electron chi connectivity index (χ1n) is 5.65. The number of methoxy groups -OCH3 is 1. The van der Waals surface area contributed by atoms with Crippen molar-refractivity contribution >= 4 is 21.4 Å². The molecule has 0 radical (unpaired) electrons. The normalized spacial score (nSPS) is 10.7. The summed E-state index contributed by atoms with van der Waals surface area (Å²) in [6.07, 6.45) is 0. The molecule has 0 spiro atoms. The number of hydrogen-bond donors (Lipinski definition) is 1. The number of phenolic OH excluding ortho intramolecular Hbond substituents is 1. The van der Waals surface area contributed by atoms with Gasteiger partial charge in [0, 0.05) is 15.6 Å². The van der Waals surface area contributed by atoms with Gasteiger partial charge >= 0.3 is 0 Å². The molecule has 0 bridgehead atoms. The van der Waals surface area contributed by atoms with Crippen molar-refractivity contribution < 1.29 is 9.84 Å². The fourth-order valence-electron chi connectivity index (χ4n) is 2.07. The van der Waals surface area contributed by atoms with E-state index in [1.807, 2.05) is 36.4 Å². The van der Waals surface area contributed by atoms with Crippen molar-refractivity contribution in [1.82, 2.24) is 0 Å². The van der Waals surface area contributed by atoms with Crippen LogP contribution in [0.5, 0.6) is 11.5 Å². The largest absolute Gasteiger partial charge is 0.507 e. The lowest BCUT2D eigenvalue weighted by molar-refractivity contribution is 0.422. The van der Waals surface area contributed by atoms with E-state index >= 15 is 0 Å². The number of fused-ring (bicyclic) bond motifs is 1. The van der Waals surface area contributed by atoms with Crippen LogP contribution in [0.1, 0.15) is 0 Å². The van der Waals surface area contributed by atoms with E-state index in [-0.39, 0.29) is 5.75 Å². The van der Waals surface area contributed by atoms with Gasteiger partial charge in [0.25, 0.3) is 0 Å². The highest BCUT2D eigenvalue weighted by Gasteiger charge is 2.16. The highest BCUT2D eigenvalue weighted by molar-refractivity contribution is 7.22. The summed E-state index contributed by atoms with van der Waals surface area (Å²) in [4.78, 5) is 0.969. The molecule has 3 aromatic rings. The third kappa shape index (κ3) is 1.64. The molecule has 0 saturated carbocycles. The van der Waals surface area contributed by atoms with Crippen LogP contribution in [0, 0.1) is 0 Å². The van der Waals surface area contributed by atoms with E-state index in [2.05, 4.69) is 6.07 Å². The lowest BCUT2D eigenvalue weighted by Crippen LogP contribution is -1.83. The second-order valence-corrected chi connectivity index (χ2v) is 5.03. The third-order valence-electron chi connectivity index (χ3n) is 2.90. The van der Waals surface area contributed by atoms with E-state index in [0.29, 0.717) is 0 Å². The van der Waals surface area contributed by atoms with E-state index < -0.39 is 0 Å². The first-order valence-corrected chi connectivity index (χ1v) is 6.47. The second kappa shape index (κ2) is 4.35. The molecule has 0 fully saturated rings. The summed E-state index contributed by atoms with van der Waals surface area (Å²) in [5, 5.41) is 11.0. The molecular formula is C15H12O2S. The van der Waals surface area contributed by atoms with Crippen LogP contribution in [0.25, 0.3) is 20.5 Å². The number of rotatable bonds is 2. The first kappa shape index (κ1) is 11.1. The Morgan fingerprint density at radius 2 is 1.72 bits per heavy atom. The second-order valence-electron chi connectivity index (χ2n) is 3.98. The zero-order valence-corrected chi connectivity index (χ0v) is 10.7. The zero-order valence-electron chi connectivity index (χ0n) is 9.88. The molecule has 0 aliphatic heterocycles. The van der Waals surface area contributed by atoms with Gasteiger partial charge in [-0.15, -0.1) is 11.3 Å². The molecule has 2 nitrogen and oxygen atoms in total. The van der Waals surface area contributed by atoms with Crippen LogP contribution < -0.4 is 4.74 Å². The quantitative estimate of drug-likeness (QED) is 0.741. The molecule has 1 N–H and O–H groups in total. The number of phenols is 1. The Bertz CT molecular complexity index is 701. The Kier molecular flexibility index (Phi) is 2.68. The average Bonchev–Trinajstić information content (AvgIpc) is 2.77. The molecule has 0 aliphatic carbocycles. The van der Waals surface area contributed by atoms with Crippen molar-refractivity contribution in [2.24, 2.45) is 0 Å². The van der Waals surface area contributed by atoms with Gasteiger partial charge in [-0.05, 0) is 24.3 Å². The lowest BCUT2D eigenvalue weighted by Gasteiger charge is -2.05. The fraction of sp³-hybridized carbons (Fsp3) is 0.0667. The maximum atomic E-state index is 9.96. The summed E-state index contributed by atoms with van der Waals surface area (Å²) in [7, 11) is 1.66. The van der Waals surface area contributed by atoms with E-state index in [0.717, 1.165) is 26.3 Å². The van der Waals surface area contributed by atoms with Gasteiger partial charge < -0.3 is 9.84 Å². The van der Waals surface area contributed by atoms with Crippen molar-refractivity contribution in [2.45, 2.75) is 0 Å². The SMILES string of the molecule is COc1c(-c2ccccc2O)sc2ccccc12. The predicted molar refractivity (Wildman–Crippen MR) is 75.5 cm³/mol. The van der Waals surface area contributed by atoms with Gasteiger partial charge in [0.1, 0.15) is 11.5 Å². The molecule has 0 atom stereocenters. The number of aromatic hydroxyl groups is 1. The van der Waals surface area contributed by atoms with Crippen molar-refractivity contribution in [3.63, 3.8) is 0 Å². The monoisotopic (exact) mass is 256 g/mol. The molecule has 3 heteroatoms. The number of ether oxygens (including phenoxy) is 1. The molecule has 18 heavy (non-hydrogen) atoms. The van der Waals surface area contributed by atoms with Gasteiger partial charge in [0.05, 0.1) is 12.0 Å². The predicted octanol–water partition coefficient (Wildman–Crippen LogP) is 4.28. The van der Waals surface area contributed by atoms with E-state index in [4.69, 9.17) is 4.74 Å². The number of hydrogen-bond acceptors (Lipinski definition) is 3. The fourth-order valence-corrected chi connectivity index (χ4v) is 3.27. The smallest absolute Gasteiger partial charge is 0.145 e. The van der Waals surface area contributed by atoms with Crippen molar-refractivity contribution in [1.29, 1.82) is 0 Å². The Labute approximate surface area is 109 Å². The maximum absolute atomic E-state index is 9.96. The zero-order chi connectivity index (χ0) is 12.5. The third-order valence-corrected chi connectivity index (χ3v) is 4.09. The van der Waals surface area contributed by atoms with Crippen LogP contribution >= 0.6 is 11.3 Å². The van der Waals surface area contributed by atoms with Crippen LogP contribution in [0.2, 0.25) is 0 Å². The maximum Gasteiger partial charge on any atom is 0.145 e. The van der Waals surface area contributed by atoms with Gasteiger partial charge in [-0.25, -0.2) is 0 Å². The minimum Gasteiger partial charge on any atom is -0.507 e. The van der Waals surface area contributed by atoms with Gasteiger partial charge in [-0.2, -0.15) is 0 Å². The van der Waals surface area contributed by atoms with Crippen LogP contribution in [0.3, 0.4) is 0 Å². The van der Waals surface area contributed by atoms with Crippen molar-refractivity contribution in [2.75, 3.05) is 7.11 Å².